The van der Waals surface area contributed by atoms with Gasteiger partial charge in [0.2, 0.25) is 12.4 Å². The molecule has 0 aliphatic carbocycles. The summed E-state index contributed by atoms with van der Waals surface area (Å²) in [5, 5.41) is 0.0388. The van der Waals surface area contributed by atoms with Crippen molar-refractivity contribution < 1.29 is 45.5 Å². The highest BCUT2D eigenvalue weighted by Crippen LogP contribution is 2.29. The van der Waals surface area contributed by atoms with Crippen molar-refractivity contribution in [3.8, 4) is 10.6 Å². The number of pyridine rings is 1. The molecule has 0 saturated heterocycles. The maximum Gasteiger partial charge on any atom is 0.498 e. The van der Waals surface area contributed by atoms with E-state index in [1.165, 1.54) is 0 Å². The minimum atomic E-state index is -5.17. The van der Waals surface area contributed by atoms with Crippen LogP contribution in [0, 0.1) is 0 Å². The molecule has 0 amide bonds. The van der Waals surface area contributed by atoms with Gasteiger partial charge in [0.25, 0.3) is 5.78 Å². The van der Waals surface area contributed by atoms with Crippen LogP contribution in [-0.4, -0.2) is 29.1 Å². The molecule has 0 aliphatic heterocycles. The summed E-state index contributed by atoms with van der Waals surface area (Å²) in [6, 6.07) is 2.31. The fourth-order valence-electron chi connectivity index (χ4n) is 1.42. The smallest absolute Gasteiger partial charge is 0.283 e. The van der Waals surface area contributed by atoms with Crippen molar-refractivity contribution in [3.63, 3.8) is 0 Å². The number of thiazole rings is 1. The molecule has 12 heteroatoms. The molecular weight excluding hydrogens is 366 g/mol. The van der Waals surface area contributed by atoms with E-state index in [1.807, 2.05) is 0 Å². The molecule has 2 rings (SSSR count). The van der Waals surface area contributed by atoms with Crippen LogP contribution < -0.4 is 9.57 Å². The zero-order valence-corrected chi connectivity index (χ0v) is 12.0. The lowest BCUT2D eigenvalue weighted by Crippen LogP contribution is -2.49. The Labute approximate surface area is 133 Å². The highest BCUT2D eigenvalue weighted by molar-refractivity contribution is 7.17. The largest absolute Gasteiger partial charge is 0.498 e. The van der Waals surface area contributed by atoms with Gasteiger partial charge in [-0.2, -0.15) is 31.2 Å². The minimum absolute atomic E-state index is 0.0388. The van der Waals surface area contributed by atoms with Crippen LogP contribution in [0.4, 0.5) is 26.3 Å². The molecule has 2 aromatic heterocycles. The third kappa shape index (κ3) is 4.07. The summed E-state index contributed by atoms with van der Waals surface area (Å²) in [6.07, 6.45) is -7.58. The Bertz CT molecular complexity index is 766. The molecule has 0 aromatic carbocycles. The predicted octanol–water partition coefficient (Wildman–Crippen LogP) is 2.36. The van der Waals surface area contributed by atoms with Crippen LogP contribution in [0.2, 0.25) is 0 Å². The molecule has 0 bridgehead atoms. The molecule has 0 unspecified atom stereocenters. The number of halogens is 6. The quantitative estimate of drug-likeness (QED) is 0.472. The van der Waals surface area contributed by atoms with E-state index in [-0.39, 0.29) is 10.6 Å². The maximum atomic E-state index is 12.3. The second kappa shape index (κ2) is 6.19. The van der Waals surface area contributed by atoms with Crippen LogP contribution in [-0.2, 0) is 4.79 Å². The van der Waals surface area contributed by atoms with Gasteiger partial charge in [-0.3, -0.25) is 4.79 Å². The second-order valence-corrected chi connectivity index (χ2v) is 5.21. The van der Waals surface area contributed by atoms with Gasteiger partial charge < -0.3 is 0 Å². The minimum Gasteiger partial charge on any atom is -0.283 e. The molecule has 24 heavy (non-hydrogen) atoms. The number of alkyl halides is 6. The number of rotatable bonds is 3. The Balaban J connectivity index is 2.16. The van der Waals surface area contributed by atoms with E-state index in [4.69, 9.17) is 0 Å². The first-order valence-corrected chi connectivity index (χ1v) is 6.68. The molecule has 0 fully saturated rings. The van der Waals surface area contributed by atoms with E-state index >= 15 is 0 Å². The number of aromatic nitrogens is 2. The van der Waals surface area contributed by atoms with Gasteiger partial charge in [0.1, 0.15) is 9.88 Å². The molecule has 0 saturated carbocycles. The van der Waals surface area contributed by atoms with Crippen LogP contribution in [0.3, 0.4) is 0 Å². The topological polar surface area (TPSA) is 60.1 Å². The zero-order chi connectivity index (χ0) is 18.1. The summed E-state index contributed by atoms with van der Waals surface area (Å²) in [5.41, 5.74) is 0.223. The van der Waals surface area contributed by atoms with Gasteiger partial charge in [-0.05, 0) is 0 Å². The number of nitrogens with zero attached hydrogens (tertiary/aromatic N) is 2. The molecule has 2 aromatic rings. The first kappa shape index (κ1) is 17.8. The average Bonchev–Trinajstić information content (AvgIpc) is 2.94. The fraction of sp³-hybridized carbons (Fsp3) is 0.167. The van der Waals surface area contributed by atoms with Crippen molar-refractivity contribution in [2.75, 3.05) is 0 Å². The molecule has 0 N–H and O–H groups in total. The van der Waals surface area contributed by atoms with E-state index in [0.717, 1.165) is 30.7 Å². The normalized spacial score (nSPS) is 12.1. The summed E-state index contributed by atoms with van der Waals surface area (Å²) in [7, 11) is 0. The highest BCUT2D eigenvalue weighted by Gasteiger charge is 2.44. The number of hydrogen-bond acceptors (Lipinski definition) is 5. The Morgan fingerprint density at radius 3 is 2.12 bits per heavy atom. The van der Waals surface area contributed by atoms with Gasteiger partial charge in [-0.25, -0.2) is 9.78 Å². The number of Topliss-reactive ketones (excluding diaryl/α,β-unsaturated/α-hetero) is 1. The third-order valence-electron chi connectivity index (χ3n) is 2.46. The van der Waals surface area contributed by atoms with Gasteiger partial charge in [0.05, 0.1) is 0 Å². The van der Waals surface area contributed by atoms with Crippen molar-refractivity contribution in [3.05, 3.63) is 35.6 Å². The van der Waals surface area contributed by atoms with Crippen molar-refractivity contribution in [2.24, 2.45) is 0 Å². The van der Waals surface area contributed by atoms with Crippen molar-refractivity contribution in [2.45, 2.75) is 12.4 Å². The molecular formula is C12H5F6N2O3S+. The average molecular weight is 371 g/mol. The maximum absolute atomic E-state index is 12.3. The highest BCUT2D eigenvalue weighted by atomic mass is 32.1. The first-order chi connectivity index (χ1) is 11.0. The molecule has 0 atom stereocenters. The Morgan fingerprint density at radius 1 is 1.04 bits per heavy atom. The van der Waals surface area contributed by atoms with E-state index in [2.05, 4.69) is 9.82 Å². The fourth-order valence-corrected chi connectivity index (χ4v) is 2.30. The lowest BCUT2D eigenvalue weighted by molar-refractivity contribution is -0.870. The van der Waals surface area contributed by atoms with Crippen molar-refractivity contribution in [1.29, 1.82) is 0 Å². The standard InChI is InChI=1S/C12H5F6N2O3S/c13-11(14,15)8(21)7-5-19-9(24-7)6-1-3-20(4-2-6)23-10(22)12(16,17)18/h1-5H/q+1. The SMILES string of the molecule is O=C(O[n+]1ccc(-c2ncc(C(=O)C(F)(F)F)s2)cc1)C(F)(F)F. The van der Waals surface area contributed by atoms with Crippen molar-refractivity contribution >= 4 is 23.1 Å². The van der Waals surface area contributed by atoms with Crippen LogP contribution >= 0.6 is 11.3 Å². The summed E-state index contributed by atoms with van der Waals surface area (Å²) < 4.78 is 73.5. The third-order valence-corrected chi connectivity index (χ3v) is 3.50. The van der Waals surface area contributed by atoms with Crippen LogP contribution in [0.15, 0.2) is 30.7 Å². The van der Waals surface area contributed by atoms with Gasteiger partial charge in [-0.15, -0.1) is 11.3 Å². The summed E-state index contributed by atoms with van der Waals surface area (Å²) in [5.74, 6) is -4.48. The Kier molecular flexibility index (Phi) is 4.60. The van der Waals surface area contributed by atoms with E-state index < -0.39 is 29.0 Å². The van der Waals surface area contributed by atoms with Gasteiger partial charge in [-0.1, -0.05) is 0 Å². The molecule has 0 spiro atoms. The van der Waals surface area contributed by atoms with E-state index in [0.29, 0.717) is 16.1 Å². The molecule has 0 aliphatic rings. The van der Waals surface area contributed by atoms with Crippen LogP contribution in [0.1, 0.15) is 9.67 Å². The van der Waals surface area contributed by atoms with Gasteiger partial charge >= 0.3 is 18.3 Å². The van der Waals surface area contributed by atoms with Gasteiger partial charge in [0.15, 0.2) is 0 Å². The second-order valence-electron chi connectivity index (χ2n) is 4.18. The van der Waals surface area contributed by atoms with E-state index in [9.17, 15) is 35.9 Å². The summed E-state index contributed by atoms with van der Waals surface area (Å²) in [6.45, 7) is 0. The predicted molar refractivity (Wildman–Crippen MR) is 65.8 cm³/mol. The van der Waals surface area contributed by atoms with E-state index in [1.54, 1.807) is 0 Å². The molecule has 0 radical (unpaired) electrons. The lowest BCUT2D eigenvalue weighted by Gasteiger charge is -2.01. The van der Waals surface area contributed by atoms with Crippen LogP contribution in [0.5, 0.6) is 0 Å². The lowest BCUT2D eigenvalue weighted by atomic mass is 10.3. The zero-order valence-electron chi connectivity index (χ0n) is 11.2. The number of carbonyl (C=O) groups is 2. The monoisotopic (exact) mass is 371 g/mol. The first-order valence-electron chi connectivity index (χ1n) is 5.87. The summed E-state index contributed by atoms with van der Waals surface area (Å²) >= 11 is 0.467. The molecule has 2 heterocycles. The molecule has 5 nitrogen and oxygen atoms in total. The van der Waals surface area contributed by atoms with Crippen LogP contribution in [0.25, 0.3) is 10.6 Å². The summed E-state index contributed by atoms with van der Waals surface area (Å²) in [4.78, 5) is 28.7. The molecule has 128 valence electrons. The van der Waals surface area contributed by atoms with Gasteiger partial charge in [0, 0.05) is 28.6 Å². The number of ketones is 1. The van der Waals surface area contributed by atoms with Crippen molar-refractivity contribution in [1.82, 2.24) is 4.98 Å². The Hall–Kier alpha value is -2.50. The Morgan fingerprint density at radius 2 is 1.62 bits per heavy atom. The number of hydrogen-bond donors (Lipinski definition) is 0. The number of carbonyl (C=O) groups excluding carboxylic acids is 2.